The minimum Gasteiger partial charge on any atom is -0.369 e. The van der Waals surface area contributed by atoms with Gasteiger partial charge in [-0.25, -0.2) is 0 Å². The summed E-state index contributed by atoms with van der Waals surface area (Å²) in [7, 11) is 0. The summed E-state index contributed by atoms with van der Waals surface area (Å²) in [5, 5.41) is 14.8. The zero-order chi connectivity index (χ0) is 17.8. The number of rotatable bonds is 5. The molecule has 2 aromatic rings. The SMILES string of the molecule is CCCNC(=O)C1CCCN(c2ccc([N+](=O)[O-])c3cccnc23)C1. The highest BCUT2D eigenvalue weighted by Crippen LogP contribution is 2.34. The van der Waals surface area contributed by atoms with Gasteiger partial charge >= 0.3 is 0 Å². The van der Waals surface area contributed by atoms with E-state index in [-0.39, 0.29) is 22.4 Å². The van der Waals surface area contributed by atoms with Crippen LogP contribution < -0.4 is 10.2 Å². The largest absolute Gasteiger partial charge is 0.369 e. The van der Waals surface area contributed by atoms with Crippen molar-refractivity contribution in [1.29, 1.82) is 0 Å². The second kappa shape index (κ2) is 7.46. The molecule has 1 unspecified atom stereocenters. The molecule has 1 aromatic carbocycles. The number of non-ortho nitro benzene ring substituents is 1. The van der Waals surface area contributed by atoms with Gasteiger partial charge in [0.05, 0.1) is 21.9 Å². The molecule has 1 fully saturated rings. The number of fused-ring (bicyclic) bond motifs is 1. The van der Waals surface area contributed by atoms with Gasteiger partial charge in [-0.15, -0.1) is 0 Å². The first-order valence-electron chi connectivity index (χ1n) is 8.66. The molecule has 0 spiro atoms. The first-order chi connectivity index (χ1) is 12.1. The molecule has 1 aliphatic heterocycles. The molecule has 0 saturated carbocycles. The van der Waals surface area contributed by atoms with Crippen LogP contribution in [0.3, 0.4) is 0 Å². The normalized spacial score (nSPS) is 17.5. The Hall–Kier alpha value is -2.70. The zero-order valence-electron chi connectivity index (χ0n) is 14.3. The Morgan fingerprint density at radius 3 is 3.04 bits per heavy atom. The van der Waals surface area contributed by atoms with Gasteiger partial charge in [0.2, 0.25) is 5.91 Å². The van der Waals surface area contributed by atoms with Crippen LogP contribution in [0.5, 0.6) is 0 Å². The van der Waals surface area contributed by atoms with Crippen molar-refractivity contribution >= 4 is 28.2 Å². The van der Waals surface area contributed by atoms with Gasteiger partial charge in [-0.05, 0) is 37.5 Å². The lowest BCUT2D eigenvalue weighted by Crippen LogP contribution is -2.43. The molecule has 2 heterocycles. The van der Waals surface area contributed by atoms with Crippen molar-refractivity contribution in [2.24, 2.45) is 5.92 Å². The van der Waals surface area contributed by atoms with Crippen LogP contribution in [0.4, 0.5) is 11.4 Å². The van der Waals surface area contributed by atoms with Crippen LogP contribution in [0.25, 0.3) is 10.9 Å². The highest BCUT2D eigenvalue weighted by atomic mass is 16.6. The summed E-state index contributed by atoms with van der Waals surface area (Å²) in [6.45, 7) is 4.15. The van der Waals surface area contributed by atoms with Gasteiger partial charge in [-0.3, -0.25) is 19.9 Å². The molecular weight excluding hydrogens is 320 g/mol. The molecule has 1 saturated heterocycles. The summed E-state index contributed by atoms with van der Waals surface area (Å²) < 4.78 is 0. The molecule has 132 valence electrons. The average Bonchev–Trinajstić information content (AvgIpc) is 2.65. The summed E-state index contributed by atoms with van der Waals surface area (Å²) >= 11 is 0. The van der Waals surface area contributed by atoms with Gasteiger partial charge < -0.3 is 10.2 Å². The fourth-order valence-electron chi connectivity index (χ4n) is 3.36. The number of nitro groups is 1. The summed E-state index contributed by atoms with van der Waals surface area (Å²) in [5.41, 5.74) is 1.53. The van der Waals surface area contributed by atoms with E-state index < -0.39 is 0 Å². The lowest BCUT2D eigenvalue weighted by atomic mass is 9.96. The van der Waals surface area contributed by atoms with E-state index in [0.29, 0.717) is 24.0 Å². The number of nitrogens with one attached hydrogen (secondary N) is 1. The van der Waals surface area contributed by atoms with Crippen LogP contribution in [0.1, 0.15) is 26.2 Å². The Balaban J connectivity index is 1.90. The number of pyridine rings is 1. The maximum atomic E-state index is 12.3. The molecule has 1 N–H and O–H groups in total. The summed E-state index contributed by atoms with van der Waals surface area (Å²) in [4.78, 5) is 29.7. The lowest BCUT2D eigenvalue weighted by Gasteiger charge is -2.34. The van der Waals surface area contributed by atoms with Crippen LogP contribution in [-0.2, 0) is 4.79 Å². The van der Waals surface area contributed by atoms with Crippen molar-refractivity contribution in [3.63, 3.8) is 0 Å². The van der Waals surface area contributed by atoms with Crippen molar-refractivity contribution in [3.05, 3.63) is 40.6 Å². The lowest BCUT2D eigenvalue weighted by molar-refractivity contribution is -0.383. The first kappa shape index (κ1) is 17.1. The maximum Gasteiger partial charge on any atom is 0.278 e. The second-order valence-electron chi connectivity index (χ2n) is 6.34. The number of benzene rings is 1. The molecular formula is C18H22N4O3. The fraction of sp³-hybridized carbons (Fsp3) is 0.444. The van der Waals surface area contributed by atoms with Gasteiger partial charge in [-0.2, -0.15) is 0 Å². The predicted octanol–water partition coefficient (Wildman–Crippen LogP) is 2.89. The van der Waals surface area contributed by atoms with Gasteiger partial charge in [0.1, 0.15) is 5.52 Å². The van der Waals surface area contributed by atoms with Crippen LogP contribution in [0.2, 0.25) is 0 Å². The van der Waals surface area contributed by atoms with E-state index in [4.69, 9.17) is 0 Å². The minimum atomic E-state index is -0.384. The molecule has 1 aromatic heterocycles. The Morgan fingerprint density at radius 1 is 1.44 bits per heavy atom. The Morgan fingerprint density at radius 2 is 2.28 bits per heavy atom. The third-order valence-electron chi connectivity index (χ3n) is 4.60. The number of carbonyl (C=O) groups excluding carboxylic acids is 1. The van der Waals surface area contributed by atoms with E-state index in [1.807, 2.05) is 6.92 Å². The van der Waals surface area contributed by atoms with Gasteiger partial charge in [-0.1, -0.05) is 6.92 Å². The van der Waals surface area contributed by atoms with Crippen LogP contribution in [0, 0.1) is 16.0 Å². The number of hydrogen-bond donors (Lipinski definition) is 1. The number of hydrogen-bond acceptors (Lipinski definition) is 5. The van der Waals surface area contributed by atoms with Crippen molar-refractivity contribution in [3.8, 4) is 0 Å². The Bertz CT molecular complexity index is 793. The van der Waals surface area contributed by atoms with Crippen molar-refractivity contribution in [1.82, 2.24) is 10.3 Å². The van der Waals surface area contributed by atoms with E-state index in [2.05, 4.69) is 15.2 Å². The molecule has 7 nitrogen and oxygen atoms in total. The van der Waals surface area contributed by atoms with E-state index in [0.717, 1.165) is 31.5 Å². The van der Waals surface area contributed by atoms with Crippen molar-refractivity contribution in [2.75, 3.05) is 24.5 Å². The first-order valence-corrected chi connectivity index (χ1v) is 8.66. The summed E-state index contributed by atoms with van der Waals surface area (Å²) in [6, 6.07) is 6.70. The Kier molecular flexibility index (Phi) is 5.11. The van der Waals surface area contributed by atoms with Crippen molar-refractivity contribution < 1.29 is 9.72 Å². The van der Waals surface area contributed by atoms with Crippen LogP contribution in [-0.4, -0.2) is 35.4 Å². The number of amides is 1. The summed E-state index contributed by atoms with van der Waals surface area (Å²) in [6.07, 6.45) is 4.34. The highest BCUT2D eigenvalue weighted by molar-refractivity contribution is 5.97. The maximum absolute atomic E-state index is 12.3. The monoisotopic (exact) mass is 342 g/mol. The predicted molar refractivity (Wildman–Crippen MR) is 96.6 cm³/mol. The van der Waals surface area contributed by atoms with Gasteiger partial charge in [0, 0.05) is 31.9 Å². The number of carbonyl (C=O) groups is 1. The number of nitrogens with zero attached hydrogens (tertiary/aromatic N) is 3. The number of piperidine rings is 1. The topological polar surface area (TPSA) is 88.4 Å². The molecule has 0 radical (unpaired) electrons. The number of nitro benzene ring substituents is 1. The molecule has 0 aliphatic carbocycles. The number of anilines is 1. The van der Waals surface area contributed by atoms with Gasteiger partial charge in [0.25, 0.3) is 5.69 Å². The molecule has 1 amide bonds. The fourth-order valence-corrected chi connectivity index (χ4v) is 3.36. The molecule has 3 rings (SSSR count). The molecule has 0 bridgehead atoms. The van der Waals surface area contributed by atoms with E-state index in [1.54, 1.807) is 24.4 Å². The molecule has 25 heavy (non-hydrogen) atoms. The zero-order valence-corrected chi connectivity index (χ0v) is 14.3. The van der Waals surface area contributed by atoms with E-state index in [9.17, 15) is 14.9 Å². The third kappa shape index (κ3) is 3.55. The molecule has 7 heteroatoms. The van der Waals surface area contributed by atoms with Crippen molar-refractivity contribution in [2.45, 2.75) is 26.2 Å². The Labute approximate surface area is 146 Å². The smallest absolute Gasteiger partial charge is 0.278 e. The van der Waals surface area contributed by atoms with E-state index in [1.165, 1.54) is 6.07 Å². The molecule has 1 atom stereocenters. The summed E-state index contributed by atoms with van der Waals surface area (Å²) in [5.74, 6) is 0.0278. The van der Waals surface area contributed by atoms with Gasteiger partial charge in [0.15, 0.2) is 0 Å². The second-order valence-corrected chi connectivity index (χ2v) is 6.34. The molecule has 1 aliphatic rings. The average molecular weight is 342 g/mol. The van der Waals surface area contributed by atoms with Crippen LogP contribution >= 0.6 is 0 Å². The minimum absolute atomic E-state index is 0.0566. The van der Waals surface area contributed by atoms with E-state index >= 15 is 0 Å². The number of aromatic nitrogens is 1. The quantitative estimate of drug-likeness (QED) is 0.667. The standard InChI is InChI=1S/C18H22N4O3/c1-2-9-20-18(23)13-5-4-11-21(12-13)16-8-7-15(22(24)25)14-6-3-10-19-17(14)16/h3,6-8,10,13H,2,4-5,9,11-12H2,1H3,(H,20,23). The third-order valence-corrected chi connectivity index (χ3v) is 4.60. The highest BCUT2D eigenvalue weighted by Gasteiger charge is 2.27. The van der Waals surface area contributed by atoms with Crippen LogP contribution in [0.15, 0.2) is 30.5 Å².